The zero-order valence-corrected chi connectivity index (χ0v) is 16.7. The fourth-order valence-corrected chi connectivity index (χ4v) is 2.70. The number of benzene rings is 2. The molecule has 29 heavy (non-hydrogen) atoms. The Morgan fingerprint density at radius 2 is 1.34 bits per heavy atom. The van der Waals surface area contributed by atoms with Crippen LogP contribution < -0.4 is 16.0 Å². The summed E-state index contributed by atoms with van der Waals surface area (Å²) in [6.07, 6.45) is 0. The van der Waals surface area contributed by atoms with Gasteiger partial charge in [0, 0.05) is 30.9 Å². The first kappa shape index (κ1) is 21.6. The van der Waals surface area contributed by atoms with Gasteiger partial charge in [-0.2, -0.15) is 0 Å². The van der Waals surface area contributed by atoms with Gasteiger partial charge in [0.2, 0.25) is 11.8 Å². The van der Waals surface area contributed by atoms with Crippen molar-refractivity contribution in [2.75, 3.05) is 22.6 Å². The highest BCUT2D eigenvalue weighted by atomic mass is 16.5. The predicted molar refractivity (Wildman–Crippen MR) is 110 cm³/mol. The Morgan fingerprint density at radius 3 is 1.83 bits per heavy atom. The van der Waals surface area contributed by atoms with Crippen molar-refractivity contribution in [1.82, 2.24) is 0 Å². The summed E-state index contributed by atoms with van der Waals surface area (Å²) in [6.45, 7) is 5.89. The van der Waals surface area contributed by atoms with E-state index in [1.807, 2.05) is 32.0 Å². The first-order valence-electron chi connectivity index (χ1n) is 8.89. The number of hydrogen-bond acceptors (Lipinski definition) is 5. The van der Waals surface area contributed by atoms with Crippen molar-refractivity contribution in [3.63, 3.8) is 0 Å². The van der Waals surface area contributed by atoms with Crippen LogP contribution in [0.4, 0.5) is 17.1 Å². The van der Waals surface area contributed by atoms with Crippen molar-refractivity contribution in [3.05, 3.63) is 53.1 Å². The molecule has 2 aromatic carbocycles. The van der Waals surface area contributed by atoms with Crippen molar-refractivity contribution in [2.24, 2.45) is 0 Å². The molecule has 0 bridgehead atoms. The molecule has 0 aliphatic heterocycles. The van der Waals surface area contributed by atoms with Crippen molar-refractivity contribution in [2.45, 2.75) is 27.7 Å². The minimum atomic E-state index is -0.763. The molecule has 3 N–H and O–H groups in total. The van der Waals surface area contributed by atoms with E-state index < -0.39 is 18.5 Å². The van der Waals surface area contributed by atoms with Gasteiger partial charge in [-0.1, -0.05) is 18.2 Å². The van der Waals surface area contributed by atoms with Crippen LogP contribution in [0.3, 0.4) is 0 Å². The molecule has 0 spiro atoms. The summed E-state index contributed by atoms with van der Waals surface area (Å²) in [4.78, 5) is 47.2. The highest BCUT2D eigenvalue weighted by Gasteiger charge is 2.14. The van der Waals surface area contributed by atoms with Gasteiger partial charge in [0.05, 0.1) is 5.56 Å². The molecule has 0 saturated carbocycles. The van der Waals surface area contributed by atoms with E-state index in [1.54, 1.807) is 0 Å². The lowest BCUT2D eigenvalue weighted by atomic mass is 10.1. The molecule has 0 radical (unpaired) electrons. The summed E-state index contributed by atoms with van der Waals surface area (Å²) < 4.78 is 5.09. The van der Waals surface area contributed by atoms with E-state index in [4.69, 9.17) is 4.74 Å². The lowest BCUT2D eigenvalue weighted by molar-refractivity contribution is -0.119. The van der Waals surface area contributed by atoms with Crippen LogP contribution in [0.25, 0.3) is 0 Å². The Balaban J connectivity index is 2.09. The number of ether oxygens (including phenoxy) is 1. The van der Waals surface area contributed by atoms with Crippen LogP contribution in [0, 0.1) is 13.8 Å². The van der Waals surface area contributed by atoms with Gasteiger partial charge in [0.25, 0.3) is 5.91 Å². The quantitative estimate of drug-likeness (QED) is 0.649. The van der Waals surface area contributed by atoms with Crippen molar-refractivity contribution < 1.29 is 23.9 Å². The number of nitrogens with one attached hydrogen (secondary N) is 3. The second-order valence-electron chi connectivity index (χ2n) is 6.55. The van der Waals surface area contributed by atoms with Gasteiger partial charge in [-0.3, -0.25) is 14.4 Å². The molecule has 0 aliphatic carbocycles. The molecule has 152 valence electrons. The highest BCUT2D eigenvalue weighted by molar-refractivity contribution is 5.99. The summed E-state index contributed by atoms with van der Waals surface area (Å²) in [6, 6.07) is 9.93. The fourth-order valence-electron chi connectivity index (χ4n) is 2.70. The second kappa shape index (κ2) is 9.50. The summed E-state index contributed by atoms with van der Waals surface area (Å²) >= 11 is 0. The van der Waals surface area contributed by atoms with Gasteiger partial charge in [-0.25, -0.2) is 4.79 Å². The van der Waals surface area contributed by atoms with E-state index >= 15 is 0 Å². The Kier molecular flexibility index (Phi) is 7.08. The molecular weight excluding hydrogens is 374 g/mol. The van der Waals surface area contributed by atoms with E-state index in [2.05, 4.69) is 16.0 Å². The summed E-state index contributed by atoms with van der Waals surface area (Å²) in [5, 5.41) is 7.82. The average Bonchev–Trinajstić information content (AvgIpc) is 2.61. The van der Waals surface area contributed by atoms with Gasteiger partial charge in [0.1, 0.15) is 0 Å². The number of carbonyl (C=O) groups is 4. The Hall–Kier alpha value is -3.68. The number of aryl methyl sites for hydroxylation is 2. The molecule has 0 aliphatic rings. The number of anilines is 3. The molecule has 0 aromatic heterocycles. The molecule has 3 amide bonds. The maximum Gasteiger partial charge on any atom is 0.338 e. The Bertz CT molecular complexity index is 914. The molecular formula is C21H23N3O5. The van der Waals surface area contributed by atoms with Crippen molar-refractivity contribution >= 4 is 40.8 Å². The van der Waals surface area contributed by atoms with Crippen LogP contribution >= 0.6 is 0 Å². The smallest absolute Gasteiger partial charge is 0.338 e. The number of esters is 1. The van der Waals surface area contributed by atoms with E-state index in [9.17, 15) is 19.2 Å². The summed E-state index contributed by atoms with van der Waals surface area (Å²) in [5.74, 6) is -1.91. The van der Waals surface area contributed by atoms with Gasteiger partial charge in [0.15, 0.2) is 6.61 Å². The van der Waals surface area contributed by atoms with Gasteiger partial charge < -0.3 is 20.7 Å². The minimum absolute atomic E-state index is 0.0832. The van der Waals surface area contributed by atoms with E-state index in [-0.39, 0.29) is 17.4 Å². The number of rotatable bonds is 6. The summed E-state index contributed by atoms with van der Waals surface area (Å²) in [7, 11) is 0. The SMILES string of the molecule is CC(=O)Nc1cc(NC(C)=O)cc(C(=O)OCC(=O)Nc2c(C)cccc2C)c1. The van der Waals surface area contributed by atoms with Gasteiger partial charge in [-0.05, 0) is 43.2 Å². The standard InChI is InChI=1S/C21H23N3O5/c1-12-6-5-7-13(2)20(12)24-19(27)11-29-21(28)16-8-17(22-14(3)25)10-18(9-16)23-15(4)26/h5-10H,11H2,1-4H3,(H,22,25)(H,23,26)(H,24,27). The molecule has 8 heteroatoms. The Morgan fingerprint density at radius 1 is 0.828 bits per heavy atom. The maximum absolute atomic E-state index is 12.4. The van der Waals surface area contributed by atoms with Crippen LogP contribution in [0.2, 0.25) is 0 Å². The van der Waals surface area contributed by atoms with Crippen molar-refractivity contribution in [3.8, 4) is 0 Å². The largest absolute Gasteiger partial charge is 0.452 e. The number of hydrogen-bond donors (Lipinski definition) is 3. The normalized spacial score (nSPS) is 10.1. The molecule has 2 rings (SSSR count). The molecule has 0 atom stereocenters. The molecule has 8 nitrogen and oxygen atoms in total. The predicted octanol–water partition coefficient (Wildman–Crippen LogP) is 3.02. The fraction of sp³-hybridized carbons (Fsp3) is 0.238. The molecule has 2 aromatic rings. The highest BCUT2D eigenvalue weighted by Crippen LogP contribution is 2.21. The van der Waals surface area contributed by atoms with Crippen LogP contribution in [0.5, 0.6) is 0 Å². The second-order valence-corrected chi connectivity index (χ2v) is 6.55. The average molecular weight is 397 g/mol. The third kappa shape index (κ3) is 6.46. The van der Waals surface area contributed by atoms with E-state index in [0.29, 0.717) is 17.1 Å². The number of para-hydroxylation sites is 1. The van der Waals surface area contributed by atoms with Crippen LogP contribution in [-0.2, 0) is 19.1 Å². The number of carbonyl (C=O) groups excluding carboxylic acids is 4. The minimum Gasteiger partial charge on any atom is -0.452 e. The lowest BCUT2D eigenvalue weighted by Crippen LogP contribution is -2.22. The Labute approximate surface area is 168 Å². The first-order valence-corrected chi connectivity index (χ1v) is 8.89. The third-order valence-corrected chi connectivity index (χ3v) is 3.89. The van der Waals surface area contributed by atoms with Crippen molar-refractivity contribution in [1.29, 1.82) is 0 Å². The third-order valence-electron chi connectivity index (χ3n) is 3.89. The number of amides is 3. The van der Waals surface area contributed by atoms with Gasteiger partial charge >= 0.3 is 5.97 Å². The van der Waals surface area contributed by atoms with E-state index in [1.165, 1.54) is 32.0 Å². The van der Waals surface area contributed by atoms with Crippen LogP contribution in [-0.4, -0.2) is 30.3 Å². The molecule has 0 heterocycles. The zero-order valence-electron chi connectivity index (χ0n) is 16.7. The molecule has 0 fully saturated rings. The maximum atomic E-state index is 12.4. The molecule has 0 saturated heterocycles. The van der Waals surface area contributed by atoms with Gasteiger partial charge in [-0.15, -0.1) is 0 Å². The first-order chi connectivity index (χ1) is 13.7. The molecule has 0 unspecified atom stereocenters. The van der Waals surface area contributed by atoms with Crippen LogP contribution in [0.1, 0.15) is 35.3 Å². The van der Waals surface area contributed by atoms with Crippen LogP contribution in [0.15, 0.2) is 36.4 Å². The zero-order chi connectivity index (χ0) is 21.6. The topological polar surface area (TPSA) is 114 Å². The summed E-state index contributed by atoms with van der Waals surface area (Å²) in [5.41, 5.74) is 3.18. The monoisotopic (exact) mass is 397 g/mol. The van der Waals surface area contributed by atoms with E-state index in [0.717, 1.165) is 11.1 Å². The lowest BCUT2D eigenvalue weighted by Gasteiger charge is -2.12.